The number of anilines is 1. The van der Waals surface area contributed by atoms with Crippen LogP contribution in [0, 0.1) is 0 Å². The van der Waals surface area contributed by atoms with E-state index in [4.69, 9.17) is 9.26 Å². The molecule has 116 valence electrons. The molecule has 0 fully saturated rings. The second-order valence-corrected chi connectivity index (χ2v) is 4.85. The molecule has 1 N–H and O–H groups in total. The molecule has 0 saturated carbocycles. The zero-order valence-corrected chi connectivity index (χ0v) is 12.5. The minimum Gasteiger partial charge on any atom is -0.481 e. The molecule has 1 atom stereocenters. The van der Waals surface area contributed by atoms with E-state index in [-0.39, 0.29) is 11.8 Å². The highest BCUT2D eigenvalue weighted by atomic mass is 16.5. The van der Waals surface area contributed by atoms with Gasteiger partial charge in [0.15, 0.2) is 6.10 Å². The molecule has 0 radical (unpaired) electrons. The highest BCUT2D eigenvalue weighted by Crippen LogP contribution is 2.20. The molecule has 0 aliphatic heterocycles. The summed E-state index contributed by atoms with van der Waals surface area (Å²) in [5, 5.41) is 6.52. The molecule has 0 aliphatic rings. The van der Waals surface area contributed by atoms with Crippen molar-refractivity contribution in [2.24, 2.45) is 0 Å². The smallest absolute Gasteiger partial charge is 0.267 e. The number of para-hydroxylation sites is 1. The summed E-state index contributed by atoms with van der Waals surface area (Å²) in [4.78, 5) is 16.3. The van der Waals surface area contributed by atoms with Crippen LogP contribution in [0.4, 0.5) is 5.88 Å². The molecule has 3 rings (SSSR count). The van der Waals surface area contributed by atoms with Crippen LogP contribution in [0.15, 0.2) is 65.3 Å². The minimum atomic E-state index is -0.666. The van der Waals surface area contributed by atoms with Gasteiger partial charge >= 0.3 is 0 Å². The molecular formula is C17H15N3O3. The predicted molar refractivity (Wildman–Crippen MR) is 84.9 cm³/mol. The molecule has 0 bridgehead atoms. The van der Waals surface area contributed by atoms with Gasteiger partial charge in [-0.15, -0.1) is 0 Å². The number of carbonyl (C=O) groups excluding carboxylic acids is 1. The van der Waals surface area contributed by atoms with Crippen molar-refractivity contribution in [3.05, 3.63) is 60.8 Å². The molecular weight excluding hydrogens is 294 g/mol. The number of amides is 1. The highest BCUT2D eigenvalue weighted by Gasteiger charge is 2.17. The Labute approximate surface area is 133 Å². The Balaban J connectivity index is 1.63. The van der Waals surface area contributed by atoms with Gasteiger partial charge in [0.2, 0.25) is 5.88 Å². The monoisotopic (exact) mass is 309 g/mol. The Morgan fingerprint density at radius 1 is 1.13 bits per heavy atom. The number of benzene rings is 1. The summed E-state index contributed by atoms with van der Waals surface area (Å²) in [5.41, 5.74) is 1.22. The van der Waals surface area contributed by atoms with Crippen molar-refractivity contribution in [3.63, 3.8) is 0 Å². The predicted octanol–water partition coefficient (Wildman–Crippen LogP) is 3.14. The Morgan fingerprint density at radius 3 is 2.65 bits per heavy atom. The summed E-state index contributed by atoms with van der Waals surface area (Å²) in [6, 6.07) is 16.2. The molecule has 2 heterocycles. The number of pyridine rings is 1. The van der Waals surface area contributed by atoms with Crippen LogP contribution in [0.3, 0.4) is 0 Å². The van der Waals surface area contributed by atoms with Gasteiger partial charge < -0.3 is 9.26 Å². The van der Waals surface area contributed by atoms with Crippen molar-refractivity contribution in [1.29, 1.82) is 0 Å². The normalized spacial score (nSPS) is 11.7. The first-order valence-corrected chi connectivity index (χ1v) is 7.13. The van der Waals surface area contributed by atoms with Crippen LogP contribution in [0.5, 0.6) is 5.75 Å². The van der Waals surface area contributed by atoms with E-state index in [2.05, 4.69) is 15.5 Å². The zero-order chi connectivity index (χ0) is 16.1. The van der Waals surface area contributed by atoms with Crippen LogP contribution in [0.25, 0.3) is 11.4 Å². The summed E-state index contributed by atoms with van der Waals surface area (Å²) in [7, 11) is 0. The lowest BCUT2D eigenvalue weighted by Crippen LogP contribution is -2.29. The number of carbonyl (C=O) groups is 1. The molecule has 2 aromatic heterocycles. The lowest BCUT2D eigenvalue weighted by molar-refractivity contribution is -0.122. The van der Waals surface area contributed by atoms with E-state index in [1.165, 1.54) is 0 Å². The highest BCUT2D eigenvalue weighted by molar-refractivity contribution is 5.93. The second kappa shape index (κ2) is 6.74. The first kappa shape index (κ1) is 14.8. The minimum absolute atomic E-state index is 0.249. The SMILES string of the molecule is C[C@H](Oc1ccccc1)C(=O)Nc1cc(-c2ccccn2)no1. The van der Waals surface area contributed by atoms with Gasteiger partial charge in [0, 0.05) is 12.3 Å². The van der Waals surface area contributed by atoms with E-state index >= 15 is 0 Å². The van der Waals surface area contributed by atoms with Gasteiger partial charge in [-0.05, 0) is 31.2 Å². The third-order valence-electron chi connectivity index (χ3n) is 3.11. The van der Waals surface area contributed by atoms with E-state index in [0.29, 0.717) is 17.1 Å². The summed E-state index contributed by atoms with van der Waals surface area (Å²) < 4.78 is 10.7. The van der Waals surface area contributed by atoms with Gasteiger partial charge in [0.1, 0.15) is 11.4 Å². The van der Waals surface area contributed by atoms with Crippen LogP contribution >= 0.6 is 0 Å². The number of rotatable bonds is 5. The summed E-state index contributed by atoms with van der Waals surface area (Å²) >= 11 is 0. The van der Waals surface area contributed by atoms with E-state index in [1.807, 2.05) is 36.4 Å². The first-order valence-electron chi connectivity index (χ1n) is 7.13. The van der Waals surface area contributed by atoms with Crippen molar-refractivity contribution in [2.45, 2.75) is 13.0 Å². The lowest BCUT2D eigenvalue weighted by atomic mass is 10.3. The average molecular weight is 309 g/mol. The number of nitrogens with one attached hydrogen (secondary N) is 1. The average Bonchev–Trinajstić information content (AvgIpc) is 3.05. The summed E-state index contributed by atoms with van der Waals surface area (Å²) in [6.07, 6.45) is 0.999. The van der Waals surface area contributed by atoms with E-state index in [9.17, 15) is 4.79 Å². The molecule has 6 heteroatoms. The van der Waals surface area contributed by atoms with Crippen molar-refractivity contribution >= 4 is 11.8 Å². The van der Waals surface area contributed by atoms with E-state index in [1.54, 1.807) is 31.3 Å². The van der Waals surface area contributed by atoms with E-state index < -0.39 is 6.10 Å². The van der Waals surface area contributed by atoms with Gasteiger partial charge in [-0.2, -0.15) is 0 Å². The van der Waals surface area contributed by atoms with Gasteiger partial charge in [-0.25, -0.2) is 0 Å². The fourth-order valence-electron chi connectivity index (χ4n) is 1.95. The van der Waals surface area contributed by atoms with Crippen LogP contribution in [-0.4, -0.2) is 22.2 Å². The maximum Gasteiger partial charge on any atom is 0.267 e. The molecule has 23 heavy (non-hydrogen) atoms. The number of aromatic nitrogens is 2. The zero-order valence-electron chi connectivity index (χ0n) is 12.5. The molecule has 1 aromatic carbocycles. The standard InChI is InChI=1S/C17H15N3O3/c1-12(22-13-7-3-2-4-8-13)17(21)19-16-11-15(20-23-16)14-9-5-6-10-18-14/h2-12H,1H3,(H,19,21)/t12-/m0/s1. The van der Waals surface area contributed by atoms with Crippen LogP contribution in [0.2, 0.25) is 0 Å². The molecule has 0 aliphatic carbocycles. The Hall–Kier alpha value is -3.15. The molecule has 0 unspecified atom stereocenters. The lowest BCUT2D eigenvalue weighted by Gasteiger charge is -2.13. The van der Waals surface area contributed by atoms with Crippen LogP contribution in [-0.2, 0) is 4.79 Å². The molecule has 0 spiro atoms. The van der Waals surface area contributed by atoms with E-state index in [0.717, 1.165) is 0 Å². The topological polar surface area (TPSA) is 77.2 Å². The number of hydrogen-bond donors (Lipinski definition) is 1. The first-order chi connectivity index (χ1) is 11.2. The van der Waals surface area contributed by atoms with Crippen molar-refractivity contribution in [1.82, 2.24) is 10.1 Å². The Kier molecular flexibility index (Phi) is 4.33. The van der Waals surface area contributed by atoms with Crippen LogP contribution < -0.4 is 10.1 Å². The Bertz CT molecular complexity index is 772. The van der Waals surface area contributed by atoms with Gasteiger partial charge in [-0.1, -0.05) is 29.4 Å². The largest absolute Gasteiger partial charge is 0.481 e. The van der Waals surface area contributed by atoms with Crippen LogP contribution in [0.1, 0.15) is 6.92 Å². The number of ether oxygens (including phenoxy) is 1. The quantitative estimate of drug-likeness (QED) is 0.783. The fourth-order valence-corrected chi connectivity index (χ4v) is 1.95. The summed E-state index contributed by atoms with van der Waals surface area (Å²) in [6.45, 7) is 1.67. The molecule has 3 aromatic rings. The number of hydrogen-bond acceptors (Lipinski definition) is 5. The third kappa shape index (κ3) is 3.74. The fraction of sp³-hybridized carbons (Fsp3) is 0.118. The van der Waals surface area contributed by atoms with Gasteiger partial charge in [-0.3, -0.25) is 15.1 Å². The maximum absolute atomic E-state index is 12.1. The molecule has 6 nitrogen and oxygen atoms in total. The third-order valence-corrected chi connectivity index (χ3v) is 3.11. The summed E-state index contributed by atoms with van der Waals surface area (Å²) in [5.74, 6) is 0.554. The van der Waals surface area contributed by atoms with Gasteiger partial charge in [0.05, 0.1) is 5.69 Å². The number of nitrogens with zero attached hydrogens (tertiary/aromatic N) is 2. The molecule has 0 saturated heterocycles. The maximum atomic E-state index is 12.1. The van der Waals surface area contributed by atoms with Gasteiger partial charge in [0.25, 0.3) is 5.91 Å². The molecule has 1 amide bonds. The van der Waals surface area contributed by atoms with Crippen molar-refractivity contribution in [2.75, 3.05) is 5.32 Å². The second-order valence-electron chi connectivity index (χ2n) is 4.85. The Morgan fingerprint density at radius 2 is 1.91 bits per heavy atom. The van der Waals surface area contributed by atoms with Crippen molar-refractivity contribution < 1.29 is 14.1 Å². The van der Waals surface area contributed by atoms with Crippen molar-refractivity contribution in [3.8, 4) is 17.1 Å².